The van der Waals surface area contributed by atoms with Crippen LogP contribution in [0.2, 0.25) is 0 Å². The minimum atomic E-state index is -0.866. The standard InChI is InChI=1S/C14H16N4O3/c1-9(6-13(19)20)18-14(15-16-17-18)11-7-10-4-2-3-5-12(10)21-8-11/h2-5,9,11H,6-8H2,1H3,(H,19,20). The molecule has 1 aliphatic heterocycles. The van der Waals surface area contributed by atoms with Crippen LogP contribution in [0.5, 0.6) is 5.75 Å². The Labute approximate surface area is 121 Å². The van der Waals surface area contributed by atoms with Gasteiger partial charge in [0.15, 0.2) is 5.82 Å². The zero-order chi connectivity index (χ0) is 14.8. The van der Waals surface area contributed by atoms with Crippen LogP contribution in [0.3, 0.4) is 0 Å². The number of nitrogens with zero attached hydrogens (tertiary/aromatic N) is 4. The zero-order valence-corrected chi connectivity index (χ0v) is 11.6. The maximum absolute atomic E-state index is 10.8. The molecule has 2 aromatic rings. The number of hydrogen-bond acceptors (Lipinski definition) is 5. The number of carboxylic acid groups (broad SMARTS) is 1. The van der Waals surface area contributed by atoms with Gasteiger partial charge in [0.05, 0.1) is 25.0 Å². The predicted octanol–water partition coefficient (Wildman–Crippen LogP) is 1.43. The normalized spacial score (nSPS) is 18.6. The van der Waals surface area contributed by atoms with E-state index in [1.54, 1.807) is 11.6 Å². The van der Waals surface area contributed by atoms with Crippen molar-refractivity contribution in [1.29, 1.82) is 0 Å². The molecule has 0 aliphatic carbocycles. The summed E-state index contributed by atoms with van der Waals surface area (Å²) in [5.74, 6) is 0.741. The van der Waals surface area contributed by atoms with Gasteiger partial charge in [0.1, 0.15) is 5.75 Å². The van der Waals surface area contributed by atoms with Crippen molar-refractivity contribution in [2.24, 2.45) is 0 Å². The van der Waals surface area contributed by atoms with E-state index < -0.39 is 5.97 Å². The highest BCUT2D eigenvalue weighted by molar-refractivity contribution is 5.67. The number of hydrogen-bond donors (Lipinski definition) is 1. The van der Waals surface area contributed by atoms with E-state index in [-0.39, 0.29) is 18.4 Å². The number of rotatable bonds is 4. The molecule has 7 nitrogen and oxygen atoms in total. The monoisotopic (exact) mass is 288 g/mol. The predicted molar refractivity (Wildman–Crippen MR) is 73.2 cm³/mol. The zero-order valence-electron chi connectivity index (χ0n) is 11.6. The summed E-state index contributed by atoms with van der Waals surface area (Å²) in [4.78, 5) is 10.8. The van der Waals surface area contributed by atoms with E-state index in [4.69, 9.17) is 9.84 Å². The maximum atomic E-state index is 10.8. The third kappa shape index (κ3) is 2.72. The molecule has 0 saturated heterocycles. The van der Waals surface area contributed by atoms with E-state index in [0.717, 1.165) is 17.7 Å². The van der Waals surface area contributed by atoms with Crippen LogP contribution in [-0.2, 0) is 11.2 Å². The lowest BCUT2D eigenvalue weighted by molar-refractivity contribution is -0.137. The first kappa shape index (κ1) is 13.5. The summed E-state index contributed by atoms with van der Waals surface area (Å²) in [6.45, 7) is 2.29. The molecule has 0 amide bonds. The van der Waals surface area contributed by atoms with Crippen molar-refractivity contribution in [2.75, 3.05) is 6.61 Å². The Kier molecular flexibility index (Phi) is 3.55. The summed E-state index contributed by atoms with van der Waals surface area (Å²) in [6.07, 6.45) is 0.776. The van der Waals surface area contributed by atoms with Gasteiger partial charge in [-0.1, -0.05) is 18.2 Å². The Morgan fingerprint density at radius 2 is 2.33 bits per heavy atom. The summed E-state index contributed by atoms with van der Waals surface area (Å²) in [6, 6.07) is 7.60. The minimum Gasteiger partial charge on any atom is -0.493 e. The molecule has 0 spiro atoms. The Balaban J connectivity index is 1.83. The van der Waals surface area contributed by atoms with Crippen molar-refractivity contribution in [3.8, 4) is 5.75 Å². The summed E-state index contributed by atoms with van der Waals surface area (Å²) in [7, 11) is 0. The van der Waals surface area contributed by atoms with Crippen LogP contribution in [0.1, 0.15) is 36.7 Å². The van der Waals surface area contributed by atoms with Crippen molar-refractivity contribution >= 4 is 5.97 Å². The van der Waals surface area contributed by atoms with Crippen molar-refractivity contribution in [3.05, 3.63) is 35.7 Å². The number of benzene rings is 1. The molecular formula is C14H16N4O3. The smallest absolute Gasteiger partial charge is 0.305 e. The minimum absolute atomic E-state index is 0.0117. The highest BCUT2D eigenvalue weighted by Crippen LogP contribution is 2.31. The fourth-order valence-electron chi connectivity index (χ4n) is 2.62. The number of ether oxygens (including phenoxy) is 1. The second-order valence-electron chi connectivity index (χ2n) is 5.25. The Morgan fingerprint density at radius 3 is 3.14 bits per heavy atom. The average Bonchev–Trinajstić information content (AvgIpc) is 2.95. The first-order valence-electron chi connectivity index (χ1n) is 6.85. The molecule has 7 heteroatoms. The molecule has 0 bridgehead atoms. The van der Waals surface area contributed by atoms with Crippen LogP contribution in [0, 0.1) is 0 Å². The van der Waals surface area contributed by atoms with Gasteiger partial charge < -0.3 is 9.84 Å². The average molecular weight is 288 g/mol. The molecule has 21 heavy (non-hydrogen) atoms. The van der Waals surface area contributed by atoms with Gasteiger partial charge in [0.25, 0.3) is 0 Å². The Hall–Kier alpha value is -2.44. The summed E-state index contributed by atoms with van der Waals surface area (Å²) in [5.41, 5.74) is 1.12. The van der Waals surface area contributed by atoms with Gasteiger partial charge in [0, 0.05) is 0 Å². The highest BCUT2D eigenvalue weighted by atomic mass is 16.5. The fraction of sp³-hybridized carbons (Fsp3) is 0.429. The molecular weight excluding hydrogens is 272 g/mol. The van der Waals surface area contributed by atoms with Crippen LogP contribution in [-0.4, -0.2) is 37.9 Å². The first-order valence-corrected chi connectivity index (χ1v) is 6.85. The molecule has 110 valence electrons. The Morgan fingerprint density at radius 1 is 1.52 bits per heavy atom. The largest absolute Gasteiger partial charge is 0.493 e. The number of aliphatic carboxylic acids is 1. The number of fused-ring (bicyclic) bond motifs is 1. The molecule has 1 aromatic heterocycles. The van der Waals surface area contributed by atoms with Crippen LogP contribution >= 0.6 is 0 Å². The fourth-order valence-corrected chi connectivity index (χ4v) is 2.62. The van der Waals surface area contributed by atoms with Gasteiger partial charge >= 0.3 is 5.97 Å². The van der Waals surface area contributed by atoms with Crippen LogP contribution < -0.4 is 4.74 Å². The Bertz CT molecular complexity index is 655. The quantitative estimate of drug-likeness (QED) is 0.915. The van der Waals surface area contributed by atoms with E-state index >= 15 is 0 Å². The van der Waals surface area contributed by atoms with Gasteiger partial charge in [-0.15, -0.1) is 5.10 Å². The van der Waals surface area contributed by atoms with Gasteiger partial charge in [-0.25, -0.2) is 4.68 Å². The topological polar surface area (TPSA) is 90.1 Å². The molecule has 1 aliphatic rings. The van der Waals surface area contributed by atoms with Gasteiger partial charge in [-0.2, -0.15) is 0 Å². The lowest BCUT2D eigenvalue weighted by Gasteiger charge is -2.25. The molecule has 1 N–H and O–H groups in total. The molecule has 2 unspecified atom stereocenters. The van der Waals surface area contributed by atoms with Gasteiger partial charge in [-0.05, 0) is 35.4 Å². The first-order chi connectivity index (χ1) is 10.1. The molecule has 3 rings (SSSR count). The van der Waals surface area contributed by atoms with Gasteiger partial charge in [-0.3, -0.25) is 4.79 Å². The van der Waals surface area contributed by atoms with Crippen molar-refractivity contribution in [2.45, 2.75) is 31.7 Å². The number of tetrazole rings is 1. The molecule has 2 heterocycles. The van der Waals surface area contributed by atoms with Crippen molar-refractivity contribution in [1.82, 2.24) is 20.2 Å². The number of carboxylic acids is 1. The summed E-state index contributed by atoms with van der Waals surface area (Å²) in [5, 5.41) is 20.6. The SMILES string of the molecule is CC(CC(=O)O)n1nnnc1C1COc2ccccc2C1. The van der Waals surface area contributed by atoms with E-state index in [0.29, 0.717) is 12.4 Å². The van der Waals surface area contributed by atoms with Crippen LogP contribution in [0.25, 0.3) is 0 Å². The van der Waals surface area contributed by atoms with E-state index in [1.165, 1.54) is 0 Å². The van der Waals surface area contributed by atoms with Crippen molar-refractivity contribution < 1.29 is 14.6 Å². The number of para-hydroxylation sites is 1. The molecule has 0 radical (unpaired) electrons. The second kappa shape index (κ2) is 5.51. The number of carbonyl (C=O) groups is 1. The summed E-state index contributed by atoms with van der Waals surface area (Å²) >= 11 is 0. The second-order valence-corrected chi connectivity index (χ2v) is 5.25. The third-order valence-corrected chi connectivity index (χ3v) is 3.65. The number of aromatic nitrogens is 4. The van der Waals surface area contributed by atoms with E-state index in [2.05, 4.69) is 15.5 Å². The van der Waals surface area contributed by atoms with Gasteiger partial charge in [0.2, 0.25) is 0 Å². The highest BCUT2D eigenvalue weighted by Gasteiger charge is 2.27. The lowest BCUT2D eigenvalue weighted by Crippen LogP contribution is -2.24. The van der Waals surface area contributed by atoms with E-state index in [9.17, 15) is 4.79 Å². The van der Waals surface area contributed by atoms with Crippen LogP contribution in [0.4, 0.5) is 0 Å². The maximum Gasteiger partial charge on any atom is 0.305 e. The van der Waals surface area contributed by atoms with Crippen molar-refractivity contribution in [3.63, 3.8) is 0 Å². The van der Waals surface area contributed by atoms with Crippen LogP contribution in [0.15, 0.2) is 24.3 Å². The third-order valence-electron chi connectivity index (χ3n) is 3.65. The molecule has 0 fully saturated rings. The summed E-state index contributed by atoms with van der Waals surface area (Å²) < 4.78 is 7.34. The lowest BCUT2D eigenvalue weighted by atomic mass is 9.96. The molecule has 1 aromatic carbocycles. The molecule has 2 atom stereocenters. The molecule has 0 saturated carbocycles. The van der Waals surface area contributed by atoms with E-state index in [1.807, 2.05) is 24.3 Å².